The molecule has 0 N–H and O–H groups in total. The van der Waals surface area contributed by atoms with Gasteiger partial charge in [-0.15, -0.1) is 0 Å². The Hall–Kier alpha value is -3.03. The second kappa shape index (κ2) is 7.42. The lowest BCUT2D eigenvalue weighted by Crippen LogP contribution is -2.26. The van der Waals surface area contributed by atoms with Gasteiger partial charge in [0.25, 0.3) is 5.91 Å². The summed E-state index contributed by atoms with van der Waals surface area (Å²) in [5.41, 5.74) is 3.84. The van der Waals surface area contributed by atoms with E-state index < -0.39 is 6.61 Å². The summed E-state index contributed by atoms with van der Waals surface area (Å²) in [7, 11) is 3.56. The molecule has 1 aliphatic carbocycles. The summed E-state index contributed by atoms with van der Waals surface area (Å²) in [5.74, 6) is 0.380. The maximum Gasteiger partial charge on any atom is 0.387 e. The molecule has 1 amide bonds. The van der Waals surface area contributed by atoms with Crippen LogP contribution in [0.2, 0.25) is 0 Å². The number of alkyl halides is 2. The molecule has 29 heavy (non-hydrogen) atoms. The van der Waals surface area contributed by atoms with Gasteiger partial charge in [-0.3, -0.25) is 9.48 Å². The zero-order chi connectivity index (χ0) is 20.7. The Kier molecular flexibility index (Phi) is 4.94. The normalized spacial score (nSPS) is 13.9. The number of carbonyl (C=O) groups excluding carboxylic acids is 1. The van der Waals surface area contributed by atoms with Gasteiger partial charge in [0, 0.05) is 32.3 Å². The predicted octanol–water partition coefficient (Wildman–Crippen LogP) is 4.03. The predicted molar refractivity (Wildman–Crippen MR) is 104 cm³/mol. The van der Waals surface area contributed by atoms with E-state index in [0.29, 0.717) is 18.0 Å². The Balaban J connectivity index is 1.61. The van der Waals surface area contributed by atoms with Crippen LogP contribution < -0.4 is 4.74 Å². The van der Waals surface area contributed by atoms with Gasteiger partial charge in [-0.25, -0.2) is 4.98 Å². The van der Waals surface area contributed by atoms with Gasteiger partial charge in [0.2, 0.25) is 0 Å². The minimum absolute atomic E-state index is 0.0913. The first kappa shape index (κ1) is 19.3. The molecule has 0 spiro atoms. The summed E-state index contributed by atoms with van der Waals surface area (Å²) in [6.07, 6.45) is 2.18. The van der Waals surface area contributed by atoms with E-state index in [1.165, 1.54) is 12.1 Å². The van der Waals surface area contributed by atoms with Crippen LogP contribution in [0.1, 0.15) is 46.1 Å². The molecule has 2 aromatic heterocycles. The molecule has 1 aromatic carbocycles. The van der Waals surface area contributed by atoms with Gasteiger partial charge >= 0.3 is 6.61 Å². The first-order valence-electron chi connectivity index (χ1n) is 9.47. The van der Waals surface area contributed by atoms with Crippen LogP contribution in [0.15, 0.2) is 30.3 Å². The van der Waals surface area contributed by atoms with Gasteiger partial charge in [0.05, 0.1) is 16.6 Å². The van der Waals surface area contributed by atoms with Crippen molar-refractivity contribution >= 4 is 16.9 Å². The third kappa shape index (κ3) is 3.92. The van der Waals surface area contributed by atoms with Crippen molar-refractivity contribution in [2.45, 2.75) is 38.8 Å². The molecule has 0 aliphatic heterocycles. The van der Waals surface area contributed by atoms with E-state index >= 15 is 0 Å². The molecule has 0 atom stereocenters. The van der Waals surface area contributed by atoms with Crippen LogP contribution in [0.3, 0.4) is 0 Å². The Morgan fingerprint density at radius 1 is 1.31 bits per heavy atom. The zero-order valence-electron chi connectivity index (χ0n) is 16.5. The maximum absolute atomic E-state index is 13.3. The third-order valence-electron chi connectivity index (χ3n) is 5.13. The molecule has 152 valence electrons. The quantitative estimate of drug-likeness (QED) is 0.627. The number of carbonyl (C=O) groups is 1. The monoisotopic (exact) mass is 400 g/mol. The van der Waals surface area contributed by atoms with Gasteiger partial charge < -0.3 is 9.64 Å². The summed E-state index contributed by atoms with van der Waals surface area (Å²) in [4.78, 5) is 19.6. The highest BCUT2D eigenvalue weighted by molar-refractivity contribution is 6.06. The topological polar surface area (TPSA) is 60.2 Å². The molecule has 0 saturated heterocycles. The van der Waals surface area contributed by atoms with Gasteiger partial charge in [0.1, 0.15) is 5.75 Å². The van der Waals surface area contributed by atoms with Gasteiger partial charge in [-0.05, 0) is 43.5 Å². The second-order valence-electron chi connectivity index (χ2n) is 7.46. The molecule has 6 nitrogen and oxygen atoms in total. The number of aryl methyl sites for hydroxylation is 2. The highest BCUT2D eigenvalue weighted by atomic mass is 19.3. The number of amides is 1. The number of benzene rings is 1. The first-order chi connectivity index (χ1) is 13.8. The lowest BCUT2D eigenvalue weighted by molar-refractivity contribution is -0.0498. The molecule has 1 saturated carbocycles. The molecule has 4 rings (SSSR count). The van der Waals surface area contributed by atoms with Crippen molar-refractivity contribution in [2.24, 2.45) is 7.05 Å². The van der Waals surface area contributed by atoms with E-state index in [0.717, 1.165) is 40.8 Å². The zero-order valence-corrected chi connectivity index (χ0v) is 16.5. The summed E-state index contributed by atoms with van der Waals surface area (Å²) in [6.45, 7) is -0.641. The van der Waals surface area contributed by atoms with Crippen LogP contribution >= 0.6 is 0 Å². The molecular formula is C21H22F2N4O2. The molecule has 8 heteroatoms. The molecule has 1 fully saturated rings. The van der Waals surface area contributed by atoms with E-state index in [-0.39, 0.29) is 11.7 Å². The van der Waals surface area contributed by atoms with Crippen molar-refractivity contribution in [3.05, 3.63) is 52.8 Å². The molecule has 1 aliphatic rings. The SMILES string of the molecule is Cc1nn(C)c2nc(C3CC3)cc(C(=O)N(C)Cc3ccc(OC(F)F)cc3)c12. The number of hydrogen-bond acceptors (Lipinski definition) is 4. The Bertz CT molecular complexity index is 1060. The van der Waals surface area contributed by atoms with E-state index in [4.69, 9.17) is 4.98 Å². The average Bonchev–Trinajstić information content (AvgIpc) is 3.48. The molecular weight excluding hydrogens is 378 g/mol. The van der Waals surface area contributed by atoms with Crippen LogP contribution in [0.4, 0.5) is 8.78 Å². The maximum atomic E-state index is 13.3. The van der Waals surface area contributed by atoms with Crippen LogP contribution in [0, 0.1) is 6.92 Å². The Labute approximate surface area is 167 Å². The van der Waals surface area contributed by atoms with Crippen molar-refractivity contribution in [3.8, 4) is 5.75 Å². The van der Waals surface area contributed by atoms with E-state index in [1.807, 2.05) is 20.0 Å². The molecule has 2 heterocycles. The summed E-state index contributed by atoms with van der Waals surface area (Å²) in [6, 6.07) is 8.19. The summed E-state index contributed by atoms with van der Waals surface area (Å²) in [5, 5.41) is 5.21. The van der Waals surface area contributed by atoms with Crippen LogP contribution in [-0.4, -0.2) is 39.2 Å². The summed E-state index contributed by atoms with van der Waals surface area (Å²) < 4.78 is 30.7. The van der Waals surface area contributed by atoms with Crippen LogP contribution in [-0.2, 0) is 13.6 Å². The minimum Gasteiger partial charge on any atom is -0.435 e. The second-order valence-corrected chi connectivity index (χ2v) is 7.46. The van der Waals surface area contributed by atoms with Crippen molar-refractivity contribution in [3.63, 3.8) is 0 Å². The number of rotatable bonds is 6. The molecule has 0 radical (unpaired) electrons. The van der Waals surface area contributed by atoms with Gasteiger partial charge in [0.15, 0.2) is 5.65 Å². The number of nitrogens with zero attached hydrogens (tertiary/aromatic N) is 4. The van der Waals surface area contributed by atoms with E-state index in [1.54, 1.807) is 28.8 Å². The van der Waals surface area contributed by atoms with Gasteiger partial charge in [-0.1, -0.05) is 12.1 Å². The fourth-order valence-corrected chi connectivity index (χ4v) is 3.55. The van der Waals surface area contributed by atoms with E-state index in [2.05, 4.69) is 9.84 Å². The highest BCUT2D eigenvalue weighted by Crippen LogP contribution is 2.40. The van der Waals surface area contributed by atoms with Crippen molar-refractivity contribution < 1.29 is 18.3 Å². The van der Waals surface area contributed by atoms with Gasteiger partial charge in [-0.2, -0.15) is 13.9 Å². The largest absolute Gasteiger partial charge is 0.435 e. The van der Waals surface area contributed by atoms with Crippen molar-refractivity contribution in [1.82, 2.24) is 19.7 Å². The lowest BCUT2D eigenvalue weighted by Gasteiger charge is -2.19. The fraction of sp³-hybridized carbons (Fsp3) is 0.381. The Morgan fingerprint density at radius 2 is 2.00 bits per heavy atom. The smallest absolute Gasteiger partial charge is 0.387 e. The standard InChI is InChI=1S/C21H22F2N4O2/c1-12-18-16(10-17(14-6-7-14)24-19(18)27(3)25-12)20(28)26(2)11-13-4-8-15(9-5-13)29-21(22)23/h4-5,8-10,14,21H,6-7,11H2,1-3H3. The average molecular weight is 400 g/mol. The molecule has 0 bridgehead atoms. The number of hydrogen-bond donors (Lipinski definition) is 0. The lowest BCUT2D eigenvalue weighted by atomic mass is 10.1. The number of pyridine rings is 1. The number of ether oxygens (including phenoxy) is 1. The van der Waals surface area contributed by atoms with Crippen molar-refractivity contribution in [2.75, 3.05) is 7.05 Å². The third-order valence-corrected chi connectivity index (χ3v) is 5.13. The fourth-order valence-electron chi connectivity index (χ4n) is 3.55. The van der Waals surface area contributed by atoms with E-state index in [9.17, 15) is 13.6 Å². The van der Waals surface area contributed by atoms with Crippen molar-refractivity contribution in [1.29, 1.82) is 0 Å². The first-order valence-corrected chi connectivity index (χ1v) is 9.47. The number of fused-ring (bicyclic) bond motifs is 1. The summed E-state index contributed by atoms with van der Waals surface area (Å²) >= 11 is 0. The number of aromatic nitrogens is 3. The molecule has 0 unspecified atom stereocenters. The number of halogens is 2. The van der Waals surface area contributed by atoms with Crippen LogP contribution in [0.25, 0.3) is 11.0 Å². The Morgan fingerprint density at radius 3 is 2.62 bits per heavy atom. The highest BCUT2D eigenvalue weighted by Gasteiger charge is 2.29. The van der Waals surface area contributed by atoms with Crippen LogP contribution in [0.5, 0.6) is 5.75 Å². The molecule has 3 aromatic rings. The minimum atomic E-state index is -2.86.